The average Bonchev–Trinajstić information content (AvgIpc) is 2.65. The lowest BCUT2D eigenvalue weighted by molar-refractivity contribution is 0.125. The molecule has 1 heterocycles. The molecule has 1 aliphatic rings. The minimum absolute atomic E-state index is 0.612. The number of nitrogens with two attached hydrogens (primary N) is 1. The molecular formula is C14H25BrN4. The Morgan fingerprint density at radius 2 is 2.11 bits per heavy atom. The number of aromatic nitrogens is 2. The Balaban J connectivity index is 2.09. The zero-order valence-electron chi connectivity index (χ0n) is 12.2. The van der Waals surface area contributed by atoms with Crippen molar-refractivity contribution in [3.05, 3.63) is 15.9 Å². The van der Waals surface area contributed by atoms with Crippen molar-refractivity contribution in [2.75, 3.05) is 13.6 Å². The van der Waals surface area contributed by atoms with Crippen LogP contribution in [0, 0.1) is 12.8 Å². The van der Waals surface area contributed by atoms with Gasteiger partial charge in [0.15, 0.2) is 0 Å². The van der Waals surface area contributed by atoms with Crippen molar-refractivity contribution in [2.24, 2.45) is 18.7 Å². The van der Waals surface area contributed by atoms with E-state index in [9.17, 15) is 0 Å². The molecule has 0 saturated heterocycles. The maximum absolute atomic E-state index is 5.94. The highest BCUT2D eigenvalue weighted by Gasteiger charge is 2.28. The SMILES string of the molecule is Cc1nn(C)c(CN(C)C2CCCCC2CN)c1Br. The van der Waals surface area contributed by atoms with Crippen LogP contribution in [0.25, 0.3) is 0 Å². The second-order valence-electron chi connectivity index (χ2n) is 5.73. The maximum Gasteiger partial charge on any atom is 0.0739 e. The number of rotatable bonds is 4. The smallest absolute Gasteiger partial charge is 0.0739 e. The van der Waals surface area contributed by atoms with Gasteiger partial charge in [-0.25, -0.2) is 0 Å². The first-order chi connectivity index (χ1) is 9.04. The Morgan fingerprint density at radius 3 is 2.68 bits per heavy atom. The summed E-state index contributed by atoms with van der Waals surface area (Å²) in [5, 5.41) is 4.47. The van der Waals surface area contributed by atoms with Gasteiger partial charge in [0.1, 0.15) is 0 Å². The second-order valence-corrected chi connectivity index (χ2v) is 6.53. The molecule has 0 radical (unpaired) electrons. The molecule has 0 amide bonds. The number of nitrogens with zero attached hydrogens (tertiary/aromatic N) is 3. The molecule has 19 heavy (non-hydrogen) atoms. The van der Waals surface area contributed by atoms with Crippen LogP contribution < -0.4 is 5.73 Å². The Labute approximate surface area is 124 Å². The summed E-state index contributed by atoms with van der Waals surface area (Å²) < 4.78 is 3.12. The fourth-order valence-corrected chi connectivity index (χ4v) is 3.71. The molecule has 0 bridgehead atoms. The quantitative estimate of drug-likeness (QED) is 0.923. The van der Waals surface area contributed by atoms with Crippen LogP contribution in [-0.4, -0.2) is 34.3 Å². The van der Waals surface area contributed by atoms with Gasteiger partial charge in [0.05, 0.1) is 15.9 Å². The van der Waals surface area contributed by atoms with Crippen molar-refractivity contribution in [3.63, 3.8) is 0 Å². The molecule has 1 aliphatic carbocycles. The van der Waals surface area contributed by atoms with Crippen LogP contribution in [0.15, 0.2) is 4.47 Å². The van der Waals surface area contributed by atoms with Gasteiger partial charge in [-0.3, -0.25) is 9.58 Å². The van der Waals surface area contributed by atoms with Gasteiger partial charge in [-0.15, -0.1) is 0 Å². The lowest BCUT2D eigenvalue weighted by atomic mass is 9.83. The lowest BCUT2D eigenvalue weighted by Gasteiger charge is -2.37. The molecule has 0 spiro atoms. The molecule has 1 fully saturated rings. The minimum atomic E-state index is 0.612. The van der Waals surface area contributed by atoms with Crippen LogP contribution in [-0.2, 0) is 13.6 Å². The predicted molar refractivity (Wildman–Crippen MR) is 81.9 cm³/mol. The topological polar surface area (TPSA) is 47.1 Å². The van der Waals surface area contributed by atoms with Gasteiger partial charge in [-0.05, 0) is 55.2 Å². The number of halogens is 1. The Hall–Kier alpha value is -0.390. The standard InChI is InChI=1S/C14H25BrN4/c1-10-14(15)13(19(3)17-10)9-18(2)12-7-5-4-6-11(12)8-16/h11-12H,4-9,16H2,1-3H3. The van der Waals surface area contributed by atoms with E-state index < -0.39 is 0 Å². The van der Waals surface area contributed by atoms with E-state index in [4.69, 9.17) is 5.73 Å². The van der Waals surface area contributed by atoms with E-state index >= 15 is 0 Å². The maximum atomic E-state index is 5.94. The highest BCUT2D eigenvalue weighted by molar-refractivity contribution is 9.10. The zero-order chi connectivity index (χ0) is 14.0. The van der Waals surface area contributed by atoms with Crippen LogP contribution >= 0.6 is 15.9 Å². The van der Waals surface area contributed by atoms with Gasteiger partial charge < -0.3 is 5.73 Å². The third-order valence-corrected chi connectivity index (χ3v) is 5.43. The molecule has 4 nitrogen and oxygen atoms in total. The summed E-state index contributed by atoms with van der Waals surface area (Å²) in [6, 6.07) is 0.612. The van der Waals surface area contributed by atoms with E-state index in [1.165, 1.54) is 31.4 Å². The van der Waals surface area contributed by atoms with Crippen molar-refractivity contribution >= 4 is 15.9 Å². The van der Waals surface area contributed by atoms with Crippen molar-refractivity contribution < 1.29 is 0 Å². The number of hydrogen-bond donors (Lipinski definition) is 1. The molecule has 1 aromatic rings. The van der Waals surface area contributed by atoms with Gasteiger partial charge in [0.2, 0.25) is 0 Å². The van der Waals surface area contributed by atoms with E-state index in [0.29, 0.717) is 12.0 Å². The first-order valence-corrected chi connectivity index (χ1v) is 7.92. The highest BCUT2D eigenvalue weighted by atomic mass is 79.9. The molecule has 2 unspecified atom stereocenters. The van der Waals surface area contributed by atoms with Gasteiger partial charge in [-0.2, -0.15) is 5.10 Å². The Kier molecular flexibility index (Phi) is 5.03. The number of aryl methyl sites for hydroxylation is 2. The lowest BCUT2D eigenvalue weighted by Crippen LogP contribution is -2.43. The first kappa shape index (κ1) is 15.0. The molecule has 2 atom stereocenters. The Morgan fingerprint density at radius 1 is 1.42 bits per heavy atom. The summed E-state index contributed by atoms with van der Waals surface area (Å²) in [5.41, 5.74) is 8.25. The van der Waals surface area contributed by atoms with E-state index in [1.807, 2.05) is 18.7 Å². The van der Waals surface area contributed by atoms with Crippen molar-refractivity contribution in [1.29, 1.82) is 0 Å². The van der Waals surface area contributed by atoms with E-state index in [1.54, 1.807) is 0 Å². The minimum Gasteiger partial charge on any atom is -0.330 e. The van der Waals surface area contributed by atoms with Gasteiger partial charge >= 0.3 is 0 Å². The third kappa shape index (κ3) is 3.20. The highest BCUT2D eigenvalue weighted by Crippen LogP contribution is 2.29. The summed E-state index contributed by atoms with van der Waals surface area (Å²) in [7, 11) is 4.23. The van der Waals surface area contributed by atoms with E-state index in [2.05, 4.69) is 33.0 Å². The Bertz CT molecular complexity index is 429. The summed E-state index contributed by atoms with van der Waals surface area (Å²) in [6.45, 7) is 3.77. The monoisotopic (exact) mass is 328 g/mol. The van der Waals surface area contributed by atoms with Crippen LogP contribution in [0.3, 0.4) is 0 Å². The fourth-order valence-electron chi connectivity index (χ4n) is 3.25. The molecule has 108 valence electrons. The third-order valence-electron chi connectivity index (χ3n) is 4.40. The van der Waals surface area contributed by atoms with Crippen LogP contribution in [0.5, 0.6) is 0 Å². The van der Waals surface area contributed by atoms with Crippen LogP contribution in [0.4, 0.5) is 0 Å². The molecule has 1 saturated carbocycles. The molecule has 0 aliphatic heterocycles. The van der Waals surface area contributed by atoms with Gasteiger partial charge in [0, 0.05) is 19.6 Å². The first-order valence-electron chi connectivity index (χ1n) is 7.12. The summed E-state index contributed by atoms with van der Waals surface area (Å²) >= 11 is 3.65. The average molecular weight is 329 g/mol. The molecule has 0 aromatic carbocycles. The summed E-state index contributed by atoms with van der Waals surface area (Å²) in [5.74, 6) is 0.645. The van der Waals surface area contributed by atoms with Gasteiger partial charge in [0.25, 0.3) is 0 Å². The fraction of sp³-hybridized carbons (Fsp3) is 0.786. The van der Waals surface area contributed by atoms with Gasteiger partial charge in [-0.1, -0.05) is 12.8 Å². The molecule has 2 rings (SSSR count). The summed E-state index contributed by atoms with van der Waals surface area (Å²) in [6.07, 6.45) is 5.21. The van der Waals surface area contributed by atoms with Crippen molar-refractivity contribution in [3.8, 4) is 0 Å². The predicted octanol–water partition coefficient (Wildman–Crippen LogP) is 2.44. The van der Waals surface area contributed by atoms with Crippen LogP contribution in [0.1, 0.15) is 37.1 Å². The normalized spacial score (nSPS) is 24.1. The largest absolute Gasteiger partial charge is 0.330 e. The van der Waals surface area contributed by atoms with Crippen molar-refractivity contribution in [1.82, 2.24) is 14.7 Å². The zero-order valence-corrected chi connectivity index (χ0v) is 13.8. The summed E-state index contributed by atoms with van der Waals surface area (Å²) in [4.78, 5) is 2.46. The molecule has 5 heteroatoms. The van der Waals surface area contributed by atoms with Crippen molar-refractivity contribution in [2.45, 2.75) is 45.2 Å². The molecular weight excluding hydrogens is 304 g/mol. The van der Waals surface area contributed by atoms with E-state index in [-0.39, 0.29) is 0 Å². The van der Waals surface area contributed by atoms with Crippen LogP contribution in [0.2, 0.25) is 0 Å². The molecule has 2 N–H and O–H groups in total. The second kappa shape index (κ2) is 6.37. The molecule has 1 aromatic heterocycles. The number of hydrogen-bond acceptors (Lipinski definition) is 3. The van der Waals surface area contributed by atoms with E-state index in [0.717, 1.165) is 23.3 Å².